The van der Waals surface area contributed by atoms with Gasteiger partial charge < -0.3 is 15.5 Å². The van der Waals surface area contributed by atoms with Crippen LogP contribution in [-0.4, -0.2) is 42.3 Å². The molecule has 174 valence electrons. The van der Waals surface area contributed by atoms with Gasteiger partial charge in [0, 0.05) is 36.1 Å². The molecule has 0 radical (unpaired) electrons. The van der Waals surface area contributed by atoms with Crippen molar-refractivity contribution >= 4 is 51.4 Å². The molecule has 0 aliphatic rings. The standard InChI is InChI=1S/C23H27ClN6O2S/c1-5-14(2)19(26-22(32)25-17-8-6-7-16(24)13-17)20(31)27-23-29-28-21(33-23)15-9-11-18(12-10-15)30(3)4/h6-14,19H,5H2,1-4H3,(H2,25,26,32)(H,27,29,31). The Balaban J connectivity index is 1.67. The van der Waals surface area contributed by atoms with E-state index in [0.717, 1.165) is 11.3 Å². The molecule has 2 aromatic carbocycles. The van der Waals surface area contributed by atoms with E-state index in [1.54, 1.807) is 24.3 Å². The van der Waals surface area contributed by atoms with Crippen molar-refractivity contribution in [3.05, 3.63) is 53.6 Å². The molecule has 3 N–H and O–H groups in total. The summed E-state index contributed by atoms with van der Waals surface area (Å²) in [6.07, 6.45) is 0.703. The Morgan fingerprint density at radius 2 is 1.82 bits per heavy atom. The number of urea groups is 1. The van der Waals surface area contributed by atoms with Crippen molar-refractivity contribution in [2.45, 2.75) is 26.3 Å². The summed E-state index contributed by atoms with van der Waals surface area (Å²) in [5.74, 6) is -0.447. The number of rotatable bonds is 8. The Bertz CT molecular complexity index is 1100. The molecular weight excluding hydrogens is 460 g/mol. The van der Waals surface area contributed by atoms with Crippen molar-refractivity contribution in [3.8, 4) is 10.6 Å². The average molecular weight is 487 g/mol. The highest BCUT2D eigenvalue weighted by Crippen LogP contribution is 2.28. The Labute approximate surface area is 202 Å². The Kier molecular flexibility index (Phi) is 8.24. The number of carbonyl (C=O) groups excluding carboxylic acids is 2. The van der Waals surface area contributed by atoms with E-state index in [2.05, 4.69) is 26.1 Å². The molecule has 3 rings (SSSR count). The van der Waals surface area contributed by atoms with E-state index in [9.17, 15) is 9.59 Å². The highest BCUT2D eigenvalue weighted by molar-refractivity contribution is 7.18. The molecule has 0 aliphatic carbocycles. The van der Waals surface area contributed by atoms with Crippen LogP contribution in [-0.2, 0) is 4.79 Å². The topological polar surface area (TPSA) is 99.2 Å². The van der Waals surface area contributed by atoms with Gasteiger partial charge in [0.1, 0.15) is 11.0 Å². The molecule has 10 heteroatoms. The maximum Gasteiger partial charge on any atom is 0.319 e. The average Bonchev–Trinajstić information content (AvgIpc) is 3.25. The first kappa shape index (κ1) is 24.5. The third-order valence-electron chi connectivity index (χ3n) is 5.15. The van der Waals surface area contributed by atoms with Crippen LogP contribution in [0.3, 0.4) is 0 Å². The lowest BCUT2D eigenvalue weighted by atomic mass is 9.98. The van der Waals surface area contributed by atoms with Crippen LogP contribution in [0, 0.1) is 5.92 Å². The van der Waals surface area contributed by atoms with Gasteiger partial charge in [0.2, 0.25) is 11.0 Å². The van der Waals surface area contributed by atoms with Crippen molar-refractivity contribution in [1.82, 2.24) is 15.5 Å². The minimum atomic E-state index is -0.749. The Morgan fingerprint density at radius 1 is 1.09 bits per heavy atom. The Morgan fingerprint density at radius 3 is 2.45 bits per heavy atom. The summed E-state index contributed by atoms with van der Waals surface area (Å²) >= 11 is 7.24. The lowest BCUT2D eigenvalue weighted by Gasteiger charge is -2.23. The van der Waals surface area contributed by atoms with Crippen LogP contribution in [0.25, 0.3) is 10.6 Å². The number of halogens is 1. The number of nitrogens with zero attached hydrogens (tertiary/aromatic N) is 3. The first-order valence-corrected chi connectivity index (χ1v) is 11.7. The minimum Gasteiger partial charge on any atom is -0.378 e. The number of aromatic nitrogens is 2. The first-order valence-electron chi connectivity index (χ1n) is 10.5. The van der Waals surface area contributed by atoms with Crippen molar-refractivity contribution in [2.24, 2.45) is 5.92 Å². The predicted molar refractivity (Wildman–Crippen MR) is 135 cm³/mol. The van der Waals surface area contributed by atoms with Gasteiger partial charge in [-0.25, -0.2) is 4.79 Å². The van der Waals surface area contributed by atoms with Crippen LogP contribution >= 0.6 is 22.9 Å². The zero-order chi connectivity index (χ0) is 24.0. The van der Waals surface area contributed by atoms with Crippen molar-refractivity contribution in [2.75, 3.05) is 29.6 Å². The smallest absolute Gasteiger partial charge is 0.319 e. The molecule has 0 bridgehead atoms. The zero-order valence-corrected chi connectivity index (χ0v) is 20.5. The third kappa shape index (κ3) is 6.66. The molecule has 0 aliphatic heterocycles. The van der Waals surface area contributed by atoms with Crippen LogP contribution in [0.4, 0.5) is 21.3 Å². The number of nitrogens with one attached hydrogen (secondary N) is 3. The van der Waals surface area contributed by atoms with Crippen LogP contribution in [0.2, 0.25) is 5.02 Å². The largest absolute Gasteiger partial charge is 0.378 e. The number of hydrogen-bond donors (Lipinski definition) is 3. The third-order valence-corrected chi connectivity index (χ3v) is 6.27. The predicted octanol–water partition coefficient (Wildman–Crippen LogP) is 5.10. The van der Waals surface area contributed by atoms with Crippen molar-refractivity contribution in [3.63, 3.8) is 0 Å². The monoisotopic (exact) mass is 486 g/mol. The molecule has 1 heterocycles. The summed E-state index contributed by atoms with van der Waals surface area (Å²) in [6, 6.07) is 13.5. The van der Waals surface area contributed by atoms with E-state index in [4.69, 9.17) is 11.6 Å². The van der Waals surface area contributed by atoms with Gasteiger partial charge in [0.15, 0.2) is 0 Å². The van der Waals surface area contributed by atoms with E-state index in [-0.39, 0.29) is 11.8 Å². The SMILES string of the molecule is CCC(C)C(NC(=O)Nc1cccc(Cl)c1)C(=O)Nc1nnc(-c2ccc(N(C)C)cc2)s1. The summed E-state index contributed by atoms with van der Waals surface area (Å²) in [7, 11) is 3.95. The molecular formula is C23H27ClN6O2S. The molecule has 2 atom stereocenters. The summed E-state index contributed by atoms with van der Waals surface area (Å²) < 4.78 is 0. The first-order chi connectivity index (χ1) is 15.8. The number of carbonyl (C=O) groups is 2. The van der Waals surface area contributed by atoms with E-state index in [1.165, 1.54) is 11.3 Å². The van der Waals surface area contributed by atoms with Crippen LogP contribution in [0.1, 0.15) is 20.3 Å². The summed E-state index contributed by atoms with van der Waals surface area (Å²) in [6.45, 7) is 3.86. The normalized spacial score (nSPS) is 12.5. The van der Waals surface area contributed by atoms with Crippen LogP contribution < -0.4 is 20.9 Å². The maximum atomic E-state index is 13.0. The molecule has 3 aromatic rings. The molecule has 2 unspecified atom stereocenters. The molecule has 0 fully saturated rings. The van der Waals surface area contributed by atoms with Crippen LogP contribution in [0.5, 0.6) is 0 Å². The molecule has 0 saturated heterocycles. The zero-order valence-electron chi connectivity index (χ0n) is 18.9. The van der Waals surface area contributed by atoms with E-state index in [1.807, 2.05) is 57.1 Å². The van der Waals surface area contributed by atoms with E-state index in [0.29, 0.717) is 27.3 Å². The quantitative estimate of drug-likeness (QED) is 0.411. The minimum absolute atomic E-state index is 0.0962. The highest BCUT2D eigenvalue weighted by Gasteiger charge is 2.27. The highest BCUT2D eigenvalue weighted by atomic mass is 35.5. The second-order valence-corrected chi connectivity index (χ2v) is 9.23. The van der Waals surface area contributed by atoms with Gasteiger partial charge in [-0.05, 0) is 48.4 Å². The number of amides is 3. The molecule has 0 spiro atoms. The number of benzene rings is 2. The van der Waals surface area contributed by atoms with Gasteiger partial charge in [-0.15, -0.1) is 10.2 Å². The van der Waals surface area contributed by atoms with E-state index < -0.39 is 12.1 Å². The second kappa shape index (κ2) is 11.1. The molecule has 3 amide bonds. The number of hydrogen-bond acceptors (Lipinski definition) is 6. The molecule has 33 heavy (non-hydrogen) atoms. The van der Waals surface area contributed by atoms with Gasteiger partial charge in [0.25, 0.3) is 0 Å². The number of anilines is 3. The van der Waals surface area contributed by atoms with Gasteiger partial charge in [-0.3, -0.25) is 10.1 Å². The van der Waals surface area contributed by atoms with Gasteiger partial charge in [-0.1, -0.05) is 49.3 Å². The van der Waals surface area contributed by atoms with Gasteiger partial charge in [-0.2, -0.15) is 0 Å². The fourth-order valence-electron chi connectivity index (χ4n) is 3.05. The van der Waals surface area contributed by atoms with Gasteiger partial charge >= 0.3 is 6.03 Å². The molecule has 1 aromatic heterocycles. The summed E-state index contributed by atoms with van der Waals surface area (Å²) in [4.78, 5) is 27.5. The lowest BCUT2D eigenvalue weighted by Crippen LogP contribution is -2.49. The lowest BCUT2D eigenvalue weighted by molar-refractivity contribution is -0.119. The molecule has 0 saturated carbocycles. The summed E-state index contributed by atoms with van der Waals surface area (Å²) in [5, 5.41) is 18.1. The van der Waals surface area contributed by atoms with Crippen LogP contribution in [0.15, 0.2) is 48.5 Å². The fraction of sp³-hybridized carbons (Fsp3) is 0.304. The maximum absolute atomic E-state index is 13.0. The second-order valence-electron chi connectivity index (χ2n) is 7.81. The van der Waals surface area contributed by atoms with Crippen molar-refractivity contribution < 1.29 is 9.59 Å². The van der Waals surface area contributed by atoms with Gasteiger partial charge in [0.05, 0.1) is 0 Å². The summed E-state index contributed by atoms with van der Waals surface area (Å²) in [5.41, 5.74) is 2.53. The fourth-order valence-corrected chi connectivity index (χ4v) is 3.99. The van der Waals surface area contributed by atoms with Crippen molar-refractivity contribution in [1.29, 1.82) is 0 Å². The Hall–Kier alpha value is -3.17. The molecule has 8 nitrogen and oxygen atoms in total. The van der Waals surface area contributed by atoms with E-state index >= 15 is 0 Å².